The molecule has 1 atom stereocenters. The summed E-state index contributed by atoms with van der Waals surface area (Å²) in [6, 6.07) is 0.0491. The van der Waals surface area contributed by atoms with Gasteiger partial charge in [-0.05, 0) is 33.6 Å². The van der Waals surface area contributed by atoms with Crippen LogP contribution < -0.4 is 5.32 Å². The molecule has 0 aromatic carbocycles. The molecule has 0 aliphatic carbocycles. The van der Waals surface area contributed by atoms with E-state index in [1.807, 2.05) is 20.8 Å². The molecule has 3 heteroatoms. The molecule has 0 spiro atoms. The van der Waals surface area contributed by atoms with Crippen molar-refractivity contribution in [2.24, 2.45) is 0 Å². The predicted octanol–water partition coefficient (Wildman–Crippen LogP) is 0.444. The van der Waals surface area contributed by atoms with E-state index in [1.165, 1.54) is 6.42 Å². The molecule has 1 saturated heterocycles. The number of nitrogens with two attached hydrogens (primary N) is 1. The van der Waals surface area contributed by atoms with E-state index in [0.717, 1.165) is 19.4 Å². The molecule has 0 aromatic heterocycles. The maximum atomic E-state index is 11.6. The molecule has 1 aliphatic rings. The molecule has 0 unspecified atom stereocenters. The average molecular weight is 186 g/mol. The van der Waals surface area contributed by atoms with Crippen molar-refractivity contribution in [2.45, 2.75) is 51.7 Å². The second-order valence-electron chi connectivity index (χ2n) is 4.66. The number of ether oxygens (including phenoxy) is 1. The van der Waals surface area contributed by atoms with Crippen molar-refractivity contribution in [3.05, 3.63) is 0 Å². The Kier molecular flexibility index (Phi) is 3.31. The summed E-state index contributed by atoms with van der Waals surface area (Å²) < 4.78 is 5.31. The monoisotopic (exact) mass is 186 g/mol. The summed E-state index contributed by atoms with van der Waals surface area (Å²) in [4.78, 5) is 11.6. The van der Waals surface area contributed by atoms with Crippen LogP contribution in [-0.2, 0) is 9.53 Å². The number of quaternary nitrogens is 1. The number of hydrogen-bond donors (Lipinski definition) is 1. The van der Waals surface area contributed by atoms with Gasteiger partial charge in [0.1, 0.15) is 5.60 Å². The van der Waals surface area contributed by atoms with Crippen LogP contribution in [0.1, 0.15) is 40.0 Å². The fraction of sp³-hybridized carbons (Fsp3) is 0.900. The molecule has 1 aliphatic heterocycles. The lowest BCUT2D eigenvalue weighted by molar-refractivity contribution is -0.686. The second-order valence-corrected chi connectivity index (χ2v) is 4.66. The number of carbonyl (C=O) groups excluding carboxylic acids is 1. The Hall–Kier alpha value is -0.570. The summed E-state index contributed by atoms with van der Waals surface area (Å²) in [5.41, 5.74) is -0.345. The standard InChI is InChI=1S/C10H19NO2/c1-10(2,3)13-9(12)8-6-4-5-7-11-8/h8,11H,4-7H2,1-3H3/p+1/t8-/m0/s1. The molecule has 1 rings (SSSR count). The highest BCUT2D eigenvalue weighted by Crippen LogP contribution is 2.10. The van der Waals surface area contributed by atoms with E-state index in [9.17, 15) is 4.79 Å². The van der Waals surface area contributed by atoms with Gasteiger partial charge < -0.3 is 10.1 Å². The molecule has 3 nitrogen and oxygen atoms in total. The van der Waals surface area contributed by atoms with Crippen LogP contribution >= 0.6 is 0 Å². The summed E-state index contributed by atoms with van der Waals surface area (Å²) >= 11 is 0. The van der Waals surface area contributed by atoms with Gasteiger partial charge in [-0.2, -0.15) is 0 Å². The second kappa shape index (κ2) is 4.09. The van der Waals surface area contributed by atoms with Crippen LogP contribution in [0.25, 0.3) is 0 Å². The number of carbonyl (C=O) groups is 1. The van der Waals surface area contributed by atoms with Gasteiger partial charge in [0.25, 0.3) is 0 Å². The Bertz CT molecular complexity index is 178. The van der Waals surface area contributed by atoms with Crippen LogP contribution in [0.5, 0.6) is 0 Å². The highest BCUT2D eigenvalue weighted by molar-refractivity contribution is 5.74. The van der Waals surface area contributed by atoms with Gasteiger partial charge in [-0.15, -0.1) is 0 Å². The average Bonchev–Trinajstić information content (AvgIpc) is 2.03. The molecular formula is C10H20NO2+. The lowest BCUT2D eigenvalue weighted by Crippen LogP contribution is -2.93. The zero-order chi connectivity index (χ0) is 9.90. The largest absolute Gasteiger partial charge is 0.456 e. The first-order valence-corrected chi connectivity index (χ1v) is 5.05. The SMILES string of the molecule is CC(C)(C)OC(=O)[C@@H]1CCCC[NH2+]1. The third-order valence-corrected chi connectivity index (χ3v) is 2.13. The minimum atomic E-state index is -0.345. The van der Waals surface area contributed by atoms with Crippen LogP contribution in [0.3, 0.4) is 0 Å². The van der Waals surface area contributed by atoms with Crippen molar-refractivity contribution in [1.82, 2.24) is 0 Å². The molecule has 0 bridgehead atoms. The van der Waals surface area contributed by atoms with E-state index in [1.54, 1.807) is 0 Å². The predicted molar refractivity (Wildman–Crippen MR) is 50.3 cm³/mol. The van der Waals surface area contributed by atoms with E-state index in [0.29, 0.717) is 0 Å². The Balaban J connectivity index is 2.38. The zero-order valence-electron chi connectivity index (χ0n) is 8.80. The van der Waals surface area contributed by atoms with E-state index in [4.69, 9.17) is 4.74 Å². The highest BCUT2D eigenvalue weighted by Gasteiger charge is 2.29. The number of rotatable bonds is 1. The fourth-order valence-corrected chi connectivity index (χ4v) is 1.54. The Morgan fingerprint density at radius 1 is 1.38 bits per heavy atom. The third-order valence-electron chi connectivity index (χ3n) is 2.13. The van der Waals surface area contributed by atoms with Gasteiger partial charge in [0.15, 0.2) is 6.04 Å². The molecular weight excluding hydrogens is 166 g/mol. The van der Waals surface area contributed by atoms with Gasteiger partial charge >= 0.3 is 5.97 Å². The van der Waals surface area contributed by atoms with Crippen LogP contribution in [0.15, 0.2) is 0 Å². The Morgan fingerprint density at radius 2 is 2.08 bits per heavy atom. The van der Waals surface area contributed by atoms with Gasteiger partial charge in [0.05, 0.1) is 6.54 Å². The molecule has 0 saturated carbocycles. The van der Waals surface area contributed by atoms with Gasteiger partial charge in [-0.3, -0.25) is 0 Å². The van der Waals surface area contributed by atoms with Gasteiger partial charge in [-0.1, -0.05) is 0 Å². The van der Waals surface area contributed by atoms with Crippen molar-refractivity contribution >= 4 is 5.97 Å². The van der Waals surface area contributed by atoms with Crippen LogP contribution in [-0.4, -0.2) is 24.2 Å². The lowest BCUT2D eigenvalue weighted by atomic mass is 10.0. The van der Waals surface area contributed by atoms with Crippen LogP contribution in [0.2, 0.25) is 0 Å². The van der Waals surface area contributed by atoms with Gasteiger partial charge in [0, 0.05) is 6.42 Å². The first kappa shape index (κ1) is 10.5. The topological polar surface area (TPSA) is 42.9 Å². The maximum absolute atomic E-state index is 11.6. The van der Waals surface area contributed by atoms with E-state index in [2.05, 4.69) is 5.32 Å². The molecule has 0 aromatic rings. The summed E-state index contributed by atoms with van der Waals surface area (Å²) in [5.74, 6) is -0.0489. The van der Waals surface area contributed by atoms with Gasteiger partial charge in [-0.25, -0.2) is 4.79 Å². The quantitative estimate of drug-likeness (QED) is 0.604. The summed E-state index contributed by atoms with van der Waals surface area (Å²) in [7, 11) is 0. The molecule has 0 amide bonds. The van der Waals surface area contributed by atoms with E-state index < -0.39 is 0 Å². The maximum Gasteiger partial charge on any atom is 0.365 e. The number of esters is 1. The van der Waals surface area contributed by atoms with Crippen molar-refractivity contribution in [2.75, 3.05) is 6.54 Å². The number of piperidine rings is 1. The summed E-state index contributed by atoms with van der Waals surface area (Å²) in [6.07, 6.45) is 3.34. The molecule has 2 N–H and O–H groups in total. The van der Waals surface area contributed by atoms with E-state index >= 15 is 0 Å². The molecule has 13 heavy (non-hydrogen) atoms. The molecule has 1 fully saturated rings. The lowest BCUT2D eigenvalue weighted by Gasteiger charge is -2.24. The van der Waals surface area contributed by atoms with Crippen LogP contribution in [0, 0.1) is 0 Å². The van der Waals surface area contributed by atoms with E-state index in [-0.39, 0.29) is 17.6 Å². The first-order valence-electron chi connectivity index (χ1n) is 5.05. The summed E-state index contributed by atoms with van der Waals surface area (Å²) in [6.45, 7) is 6.79. The van der Waals surface area contributed by atoms with Crippen molar-refractivity contribution in [3.8, 4) is 0 Å². The minimum absolute atomic E-state index is 0.0489. The molecule has 0 radical (unpaired) electrons. The normalized spacial score (nSPS) is 24.1. The van der Waals surface area contributed by atoms with Crippen LogP contribution in [0.4, 0.5) is 0 Å². The smallest absolute Gasteiger partial charge is 0.365 e. The number of hydrogen-bond acceptors (Lipinski definition) is 2. The van der Waals surface area contributed by atoms with Gasteiger partial charge in [0.2, 0.25) is 0 Å². The fourth-order valence-electron chi connectivity index (χ4n) is 1.54. The minimum Gasteiger partial charge on any atom is -0.456 e. The Labute approximate surface area is 79.8 Å². The Morgan fingerprint density at radius 3 is 2.54 bits per heavy atom. The highest BCUT2D eigenvalue weighted by atomic mass is 16.6. The molecule has 76 valence electrons. The summed E-state index contributed by atoms with van der Waals surface area (Å²) in [5, 5.41) is 2.09. The third kappa shape index (κ3) is 3.77. The van der Waals surface area contributed by atoms with Crippen molar-refractivity contribution < 1.29 is 14.8 Å². The first-order chi connectivity index (χ1) is 5.99. The van der Waals surface area contributed by atoms with Crippen molar-refractivity contribution in [1.29, 1.82) is 0 Å². The molecule has 1 heterocycles. The van der Waals surface area contributed by atoms with Crippen molar-refractivity contribution in [3.63, 3.8) is 0 Å². The zero-order valence-corrected chi connectivity index (χ0v) is 8.80.